The Bertz CT molecular complexity index is 591. The van der Waals surface area contributed by atoms with Crippen molar-refractivity contribution in [1.82, 2.24) is 4.98 Å². The van der Waals surface area contributed by atoms with Crippen LogP contribution in [0.5, 0.6) is 0 Å². The first-order valence-corrected chi connectivity index (χ1v) is 6.94. The molecule has 0 bridgehead atoms. The zero-order valence-electron chi connectivity index (χ0n) is 10.5. The highest BCUT2D eigenvalue weighted by Crippen LogP contribution is 2.24. The zero-order chi connectivity index (χ0) is 15.2. The molecule has 4 nitrogen and oxygen atoms in total. The third kappa shape index (κ3) is 4.46. The average Bonchev–Trinajstić information content (AvgIpc) is 2.38. The topological polar surface area (TPSA) is 56.3 Å². The van der Waals surface area contributed by atoms with Gasteiger partial charge in [0.25, 0.3) is 0 Å². The molecule has 2 aromatic rings. The van der Waals surface area contributed by atoms with Gasteiger partial charge in [0.05, 0.1) is 12.1 Å². The van der Waals surface area contributed by atoms with Gasteiger partial charge in [-0.25, -0.2) is 0 Å². The number of benzene rings is 1. The Morgan fingerprint density at radius 1 is 1.15 bits per heavy atom. The van der Waals surface area contributed by atoms with Crippen molar-refractivity contribution in [2.45, 2.75) is 12.4 Å². The Morgan fingerprint density at radius 3 is 2.25 bits per heavy atom. The molecule has 1 aromatic heterocycles. The number of hydrogen-bond donors (Lipinski definition) is 0. The summed E-state index contributed by atoms with van der Waals surface area (Å²) in [5.74, 6) is 0. The molecule has 8 heteroatoms. The molecule has 110 valence electrons. The first-order chi connectivity index (χ1) is 9.28. The molecular formula is C12H12F3NO3S. The van der Waals surface area contributed by atoms with Crippen LogP contribution < -0.4 is 0 Å². The molecule has 0 radical (unpaired) electrons. The van der Waals surface area contributed by atoms with Crippen molar-refractivity contribution < 1.29 is 25.8 Å². The highest BCUT2D eigenvalue weighted by atomic mass is 32.2. The van der Waals surface area contributed by atoms with Gasteiger partial charge >= 0.3 is 15.6 Å². The third-order valence-electron chi connectivity index (χ3n) is 2.07. The van der Waals surface area contributed by atoms with Gasteiger partial charge in [0.1, 0.15) is 0 Å². The molecule has 0 saturated heterocycles. The van der Waals surface area contributed by atoms with Crippen LogP contribution in [0.15, 0.2) is 42.6 Å². The zero-order valence-corrected chi connectivity index (χ0v) is 11.3. The van der Waals surface area contributed by atoms with Gasteiger partial charge in [-0.15, -0.1) is 0 Å². The molecule has 0 fully saturated rings. The van der Waals surface area contributed by atoms with E-state index < -0.39 is 22.2 Å². The normalized spacial score (nSPS) is 11.8. The molecule has 0 N–H and O–H groups in total. The summed E-state index contributed by atoms with van der Waals surface area (Å²) in [5, 5.41) is 1.20. The average molecular weight is 307 g/mol. The molecule has 1 heterocycles. The van der Waals surface area contributed by atoms with Gasteiger partial charge < -0.3 is 0 Å². The lowest BCUT2D eigenvalue weighted by atomic mass is 10.2. The summed E-state index contributed by atoms with van der Waals surface area (Å²) in [6.07, 6.45) is 1.81. The number of para-hydroxylation sites is 1. The summed E-state index contributed by atoms with van der Waals surface area (Å²) in [5.41, 5.74) is -4.24. The standard InChI is InChI=1S/C9H7N.C3H5F3O3S/c1-2-6-9-8(4-1)5-3-7-10-9;1-2-9-10(7,8)3(4,5)6/h1-7H;2H2,1H3. The fourth-order valence-corrected chi connectivity index (χ4v) is 1.68. The van der Waals surface area contributed by atoms with Gasteiger partial charge in [-0.1, -0.05) is 24.3 Å². The molecular weight excluding hydrogens is 295 g/mol. The van der Waals surface area contributed by atoms with Gasteiger partial charge in [-0.3, -0.25) is 9.17 Å². The van der Waals surface area contributed by atoms with Crippen LogP contribution in [0.1, 0.15) is 6.92 Å². The van der Waals surface area contributed by atoms with E-state index in [0.29, 0.717) is 0 Å². The van der Waals surface area contributed by atoms with Crippen molar-refractivity contribution in [1.29, 1.82) is 0 Å². The molecule has 0 aliphatic rings. The second kappa shape index (κ2) is 6.67. The maximum absolute atomic E-state index is 11.3. The van der Waals surface area contributed by atoms with Crippen LogP contribution in [0, 0.1) is 0 Å². The first-order valence-electron chi connectivity index (χ1n) is 5.53. The van der Waals surface area contributed by atoms with Crippen molar-refractivity contribution in [3.8, 4) is 0 Å². The van der Waals surface area contributed by atoms with E-state index in [1.54, 1.807) is 0 Å². The lowest BCUT2D eigenvalue weighted by Crippen LogP contribution is -2.25. The summed E-state index contributed by atoms with van der Waals surface area (Å²) < 4.78 is 57.2. The molecule has 0 atom stereocenters. The van der Waals surface area contributed by atoms with E-state index in [-0.39, 0.29) is 0 Å². The number of pyridine rings is 1. The highest BCUT2D eigenvalue weighted by Gasteiger charge is 2.46. The van der Waals surface area contributed by atoms with Crippen LogP contribution in [-0.2, 0) is 14.3 Å². The van der Waals surface area contributed by atoms with Crippen LogP contribution in [0.3, 0.4) is 0 Å². The number of alkyl halides is 3. The fraction of sp³-hybridized carbons (Fsp3) is 0.250. The largest absolute Gasteiger partial charge is 0.523 e. The van der Waals surface area contributed by atoms with Gasteiger partial charge in [0.15, 0.2) is 0 Å². The van der Waals surface area contributed by atoms with Crippen LogP contribution in [0.4, 0.5) is 13.2 Å². The van der Waals surface area contributed by atoms with E-state index in [9.17, 15) is 21.6 Å². The van der Waals surface area contributed by atoms with Gasteiger partial charge in [0, 0.05) is 11.6 Å². The lowest BCUT2D eigenvalue weighted by Gasteiger charge is -2.05. The molecule has 0 saturated carbocycles. The number of hydrogen-bond acceptors (Lipinski definition) is 4. The summed E-state index contributed by atoms with van der Waals surface area (Å²) in [4.78, 5) is 4.18. The van der Waals surface area contributed by atoms with E-state index in [2.05, 4.69) is 21.3 Å². The molecule has 1 aromatic carbocycles. The highest BCUT2D eigenvalue weighted by molar-refractivity contribution is 7.87. The summed E-state index contributed by atoms with van der Waals surface area (Å²) >= 11 is 0. The Balaban J connectivity index is 0.000000200. The van der Waals surface area contributed by atoms with Crippen LogP contribution >= 0.6 is 0 Å². The fourth-order valence-electron chi connectivity index (χ4n) is 1.24. The van der Waals surface area contributed by atoms with Crippen molar-refractivity contribution in [2.75, 3.05) is 6.61 Å². The predicted octanol–water partition coefficient (Wildman–Crippen LogP) is 3.11. The second-order valence-electron chi connectivity index (χ2n) is 3.50. The smallest absolute Gasteiger partial charge is 0.263 e. The number of rotatable bonds is 2. The molecule has 0 amide bonds. The van der Waals surface area contributed by atoms with E-state index in [0.717, 1.165) is 12.4 Å². The van der Waals surface area contributed by atoms with Crippen molar-refractivity contribution in [2.24, 2.45) is 0 Å². The van der Waals surface area contributed by atoms with Crippen LogP contribution in [-0.4, -0.2) is 25.5 Å². The number of fused-ring (bicyclic) bond motifs is 1. The van der Waals surface area contributed by atoms with Crippen molar-refractivity contribution in [3.63, 3.8) is 0 Å². The van der Waals surface area contributed by atoms with Gasteiger partial charge in [-0.05, 0) is 19.1 Å². The van der Waals surface area contributed by atoms with E-state index >= 15 is 0 Å². The third-order valence-corrected chi connectivity index (χ3v) is 3.18. The summed E-state index contributed by atoms with van der Waals surface area (Å²) in [7, 11) is -5.35. The number of aromatic nitrogens is 1. The SMILES string of the molecule is CCOS(=O)(=O)C(F)(F)F.c1ccc2ncccc2c1. The maximum Gasteiger partial charge on any atom is 0.523 e. The summed E-state index contributed by atoms with van der Waals surface area (Å²) in [6.45, 7) is 0.644. The van der Waals surface area contributed by atoms with Crippen LogP contribution in [0.25, 0.3) is 10.9 Å². The minimum atomic E-state index is -5.35. The molecule has 20 heavy (non-hydrogen) atoms. The molecule has 0 aliphatic heterocycles. The molecule has 0 spiro atoms. The number of halogens is 3. The van der Waals surface area contributed by atoms with Gasteiger partial charge in [-0.2, -0.15) is 21.6 Å². The lowest BCUT2D eigenvalue weighted by molar-refractivity contribution is -0.0539. The van der Waals surface area contributed by atoms with E-state index in [1.165, 1.54) is 5.39 Å². The van der Waals surface area contributed by atoms with Crippen molar-refractivity contribution >= 4 is 21.0 Å². The summed E-state index contributed by atoms with van der Waals surface area (Å²) in [6, 6.07) is 12.1. The van der Waals surface area contributed by atoms with Crippen molar-refractivity contribution in [3.05, 3.63) is 42.6 Å². The minimum Gasteiger partial charge on any atom is -0.263 e. The second-order valence-corrected chi connectivity index (χ2v) is 5.11. The monoisotopic (exact) mass is 307 g/mol. The van der Waals surface area contributed by atoms with E-state index in [1.807, 2.05) is 30.5 Å². The Kier molecular flexibility index (Phi) is 5.46. The Labute approximate surface area is 114 Å². The number of nitrogens with zero attached hydrogens (tertiary/aromatic N) is 1. The molecule has 2 rings (SSSR count). The molecule has 0 aliphatic carbocycles. The predicted molar refractivity (Wildman–Crippen MR) is 68.3 cm³/mol. The quantitative estimate of drug-likeness (QED) is 0.632. The Hall–Kier alpha value is -1.67. The minimum absolute atomic E-state index is 0.512. The first kappa shape index (κ1) is 16.4. The van der Waals surface area contributed by atoms with E-state index in [4.69, 9.17) is 0 Å². The Morgan fingerprint density at radius 2 is 1.75 bits per heavy atom. The molecule has 0 unspecified atom stereocenters. The van der Waals surface area contributed by atoms with Crippen LogP contribution in [0.2, 0.25) is 0 Å². The maximum atomic E-state index is 11.3. The van der Waals surface area contributed by atoms with Gasteiger partial charge in [0.2, 0.25) is 0 Å².